The van der Waals surface area contributed by atoms with E-state index in [2.05, 4.69) is 5.32 Å². The van der Waals surface area contributed by atoms with Crippen molar-refractivity contribution in [2.24, 2.45) is 0 Å². The number of aliphatic carboxylic acids is 1. The lowest BCUT2D eigenvalue weighted by molar-refractivity contribution is -0.147. The van der Waals surface area contributed by atoms with Crippen LogP contribution < -0.4 is 5.32 Å². The molecule has 110 valence electrons. The van der Waals surface area contributed by atoms with Crippen LogP contribution in [0.5, 0.6) is 0 Å². The summed E-state index contributed by atoms with van der Waals surface area (Å²) in [6.45, 7) is 5.03. The van der Waals surface area contributed by atoms with Crippen LogP contribution in [0.4, 0.5) is 4.39 Å². The van der Waals surface area contributed by atoms with Crippen molar-refractivity contribution in [1.29, 1.82) is 0 Å². The zero-order valence-electron chi connectivity index (χ0n) is 11.9. The van der Waals surface area contributed by atoms with Gasteiger partial charge in [-0.1, -0.05) is 26.0 Å². The van der Waals surface area contributed by atoms with Gasteiger partial charge in [-0.15, -0.1) is 0 Å². The second kappa shape index (κ2) is 6.50. The molecule has 0 aliphatic heterocycles. The predicted octanol–water partition coefficient (Wildman–Crippen LogP) is 2.69. The van der Waals surface area contributed by atoms with E-state index >= 15 is 0 Å². The third-order valence-electron chi connectivity index (χ3n) is 3.53. The summed E-state index contributed by atoms with van der Waals surface area (Å²) < 4.78 is 12.8. The third kappa shape index (κ3) is 4.05. The Labute approximate surface area is 118 Å². The summed E-state index contributed by atoms with van der Waals surface area (Å²) in [5.41, 5.74) is -0.408. The second-order valence-electron chi connectivity index (χ2n) is 5.20. The maximum Gasteiger partial charge on any atom is 0.329 e. The molecule has 2 atom stereocenters. The molecule has 5 heteroatoms. The Morgan fingerprint density at radius 3 is 2.35 bits per heavy atom. The molecule has 0 saturated heterocycles. The highest BCUT2D eigenvalue weighted by Crippen LogP contribution is 2.20. The third-order valence-corrected chi connectivity index (χ3v) is 3.53. The minimum absolute atomic E-state index is 0.106. The number of rotatable bonds is 6. The summed E-state index contributed by atoms with van der Waals surface area (Å²) in [4.78, 5) is 23.0. The van der Waals surface area contributed by atoms with Crippen molar-refractivity contribution in [3.8, 4) is 0 Å². The zero-order valence-corrected chi connectivity index (χ0v) is 11.9. The van der Waals surface area contributed by atoms with Crippen molar-refractivity contribution < 1.29 is 19.1 Å². The minimum Gasteiger partial charge on any atom is -0.480 e. The molecule has 1 amide bonds. The fraction of sp³-hybridized carbons (Fsp3) is 0.467. The fourth-order valence-corrected chi connectivity index (χ4v) is 1.84. The normalized spacial score (nSPS) is 15.2. The van der Waals surface area contributed by atoms with E-state index in [0.717, 1.165) is 5.56 Å². The van der Waals surface area contributed by atoms with Gasteiger partial charge in [0.15, 0.2) is 0 Å². The Bertz CT molecular complexity index is 486. The summed E-state index contributed by atoms with van der Waals surface area (Å²) in [6.07, 6.45) is 0.466. The molecule has 2 unspecified atom stereocenters. The molecule has 4 nitrogen and oxygen atoms in total. The van der Waals surface area contributed by atoms with E-state index in [4.69, 9.17) is 5.11 Å². The average molecular weight is 281 g/mol. The number of amides is 1. The summed E-state index contributed by atoms with van der Waals surface area (Å²) in [6, 6.07) is 5.95. The smallest absolute Gasteiger partial charge is 0.329 e. The van der Waals surface area contributed by atoms with Crippen LogP contribution in [0.1, 0.15) is 45.1 Å². The highest BCUT2D eigenvalue weighted by molar-refractivity contribution is 5.86. The van der Waals surface area contributed by atoms with Crippen molar-refractivity contribution in [3.63, 3.8) is 0 Å². The molecule has 0 heterocycles. The quantitative estimate of drug-likeness (QED) is 0.842. The van der Waals surface area contributed by atoms with Gasteiger partial charge in [0, 0.05) is 6.42 Å². The summed E-state index contributed by atoms with van der Waals surface area (Å²) in [5, 5.41) is 11.6. The lowest BCUT2D eigenvalue weighted by Gasteiger charge is -2.25. The van der Waals surface area contributed by atoms with Gasteiger partial charge in [-0.05, 0) is 37.0 Å². The van der Waals surface area contributed by atoms with Gasteiger partial charge in [-0.2, -0.15) is 0 Å². The average Bonchev–Trinajstić information content (AvgIpc) is 2.38. The van der Waals surface area contributed by atoms with Crippen molar-refractivity contribution in [1.82, 2.24) is 5.32 Å². The van der Waals surface area contributed by atoms with Crippen LogP contribution in [0.25, 0.3) is 0 Å². The number of hydrogen-bond acceptors (Lipinski definition) is 2. The molecule has 0 spiro atoms. The number of nitrogens with one attached hydrogen (secondary N) is 1. The molecule has 0 aliphatic carbocycles. The van der Waals surface area contributed by atoms with Crippen LogP contribution in [0.3, 0.4) is 0 Å². The Morgan fingerprint density at radius 2 is 1.90 bits per heavy atom. The van der Waals surface area contributed by atoms with Gasteiger partial charge in [0.1, 0.15) is 11.4 Å². The van der Waals surface area contributed by atoms with Crippen molar-refractivity contribution >= 4 is 11.9 Å². The second-order valence-corrected chi connectivity index (χ2v) is 5.20. The monoisotopic (exact) mass is 281 g/mol. The maximum absolute atomic E-state index is 12.8. The molecule has 0 bridgehead atoms. The minimum atomic E-state index is -1.25. The van der Waals surface area contributed by atoms with Crippen LogP contribution in [-0.4, -0.2) is 22.5 Å². The molecule has 0 radical (unpaired) electrons. The Balaban J connectivity index is 2.66. The number of halogens is 1. The fourth-order valence-electron chi connectivity index (χ4n) is 1.84. The van der Waals surface area contributed by atoms with E-state index in [1.165, 1.54) is 19.1 Å². The molecule has 0 aromatic heterocycles. The van der Waals surface area contributed by atoms with Crippen LogP contribution in [0.2, 0.25) is 0 Å². The molecule has 2 N–H and O–H groups in total. The van der Waals surface area contributed by atoms with E-state index in [9.17, 15) is 14.0 Å². The molecule has 0 fully saturated rings. The first-order valence-electron chi connectivity index (χ1n) is 6.58. The van der Waals surface area contributed by atoms with E-state index in [0.29, 0.717) is 6.42 Å². The molecule has 1 aromatic carbocycles. The lowest BCUT2D eigenvalue weighted by Crippen LogP contribution is -2.51. The number of carbonyl (C=O) groups is 2. The van der Waals surface area contributed by atoms with Crippen molar-refractivity contribution in [2.75, 3.05) is 0 Å². The maximum atomic E-state index is 12.8. The van der Waals surface area contributed by atoms with E-state index in [-0.39, 0.29) is 24.1 Å². The molecular weight excluding hydrogens is 261 g/mol. The van der Waals surface area contributed by atoms with Crippen molar-refractivity contribution in [3.05, 3.63) is 35.6 Å². The van der Waals surface area contributed by atoms with Gasteiger partial charge in [-0.3, -0.25) is 4.79 Å². The standard InChI is InChI=1S/C15H20FNO3/c1-4-15(3,14(19)20)17-13(18)9-10(2)11-5-7-12(16)8-6-11/h5-8,10H,4,9H2,1-3H3,(H,17,18)(H,19,20). The van der Waals surface area contributed by atoms with E-state index in [1.54, 1.807) is 19.1 Å². The van der Waals surface area contributed by atoms with Crippen LogP contribution >= 0.6 is 0 Å². The van der Waals surface area contributed by atoms with Gasteiger partial charge in [0.2, 0.25) is 5.91 Å². The number of benzene rings is 1. The van der Waals surface area contributed by atoms with Crippen molar-refractivity contribution in [2.45, 2.75) is 45.1 Å². The van der Waals surface area contributed by atoms with Gasteiger partial charge in [0.05, 0.1) is 0 Å². The predicted molar refractivity (Wildman–Crippen MR) is 73.9 cm³/mol. The largest absolute Gasteiger partial charge is 0.480 e. The zero-order chi connectivity index (χ0) is 15.3. The summed E-state index contributed by atoms with van der Waals surface area (Å²) in [5.74, 6) is -1.81. The first-order valence-corrected chi connectivity index (χ1v) is 6.58. The lowest BCUT2D eigenvalue weighted by atomic mass is 9.95. The van der Waals surface area contributed by atoms with Gasteiger partial charge in [-0.25, -0.2) is 9.18 Å². The van der Waals surface area contributed by atoms with Gasteiger partial charge < -0.3 is 10.4 Å². The highest BCUT2D eigenvalue weighted by Gasteiger charge is 2.32. The SMILES string of the molecule is CCC(C)(NC(=O)CC(C)c1ccc(F)cc1)C(=O)O. The molecule has 1 aromatic rings. The molecule has 20 heavy (non-hydrogen) atoms. The highest BCUT2D eigenvalue weighted by atomic mass is 19.1. The summed E-state index contributed by atoms with van der Waals surface area (Å²) >= 11 is 0. The van der Waals surface area contributed by atoms with Gasteiger partial charge >= 0.3 is 5.97 Å². The first kappa shape index (κ1) is 16.1. The van der Waals surface area contributed by atoms with Crippen LogP contribution in [-0.2, 0) is 9.59 Å². The van der Waals surface area contributed by atoms with E-state index in [1.807, 2.05) is 6.92 Å². The Hall–Kier alpha value is -1.91. The summed E-state index contributed by atoms with van der Waals surface area (Å²) in [7, 11) is 0. The number of hydrogen-bond donors (Lipinski definition) is 2. The van der Waals surface area contributed by atoms with Crippen LogP contribution in [0.15, 0.2) is 24.3 Å². The van der Waals surface area contributed by atoms with Gasteiger partial charge in [0.25, 0.3) is 0 Å². The molecule has 0 aliphatic rings. The van der Waals surface area contributed by atoms with Crippen LogP contribution in [0, 0.1) is 5.82 Å². The molecule has 0 saturated carbocycles. The number of carboxylic acids is 1. The topological polar surface area (TPSA) is 66.4 Å². The van der Waals surface area contributed by atoms with E-state index < -0.39 is 11.5 Å². The molecular formula is C15H20FNO3. The Kier molecular flexibility index (Phi) is 5.25. The Morgan fingerprint density at radius 1 is 1.35 bits per heavy atom. The number of carboxylic acid groups (broad SMARTS) is 1. The first-order chi connectivity index (χ1) is 9.28. The number of carbonyl (C=O) groups excluding carboxylic acids is 1. The molecule has 1 rings (SSSR count).